The molecule has 0 amide bonds. The molecule has 0 saturated carbocycles. The Kier molecular flexibility index (Phi) is 3.74. The summed E-state index contributed by atoms with van der Waals surface area (Å²) < 4.78 is 7.19. The number of ether oxygens (including phenoxy) is 1. The lowest BCUT2D eigenvalue weighted by Gasteiger charge is -2.04. The normalized spacial score (nSPS) is 10.8. The highest BCUT2D eigenvalue weighted by atomic mass is 16.5. The minimum atomic E-state index is -0.485. The number of hydrogen-bond acceptors (Lipinski definition) is 4. The third kappa shape index (κ3) is 2.99. The Balaban J connectivity index is 1.60. The molecule has 2 aromatic carbocycles. The van der Waals surface area contributed by atoms with Crippen molar-refractivity contribution < 1.29 is 9.53 Å². The second-order valence-corrected chi connectivity index (χ2v) is 5.69. The van der Waals surface area contributed by atoms with Crippen LogP contribution in [0.4, 0.5) is 0 Å². The fourth-order valence-electron chi connectivity index (χ4n) is 2.69. The van der Waals surface area contributed by atoms with Gasteiger partial charge >= 0.3 is 5.97 Å². The maximum Gasteiger partial charge on any atom is 0.364 e. The summed E-state index contributed by atoms with van der Waals surface area (Å²) in [5, 5.41) is 6.32. The van der Waals surface area contributed by atoms with Gasteiger partial charge in [0.2, 0.25) is 0 Å². The molecule has 0 saturated heterocycles. The van der Waals surface area contributed by atoms with Gasteiger partial charge in [-0.05, 0) is 48.7 Å². The van der Waals surface area contributed by atoms with E-state index in [2.05, 4.69) is 10.1 Å². The molecule has 0 aliphatic carbocycles. The number of aryl methyl sites for hydroxylation is 1. The molecule has 0 radical (unpaired) electrons. The summed E-state index contributed by atoms with van der Waals surface area (Å²) in [5.74, 6) is -0.0153. The van der Waals surface area contributed by atoms with Crippen LogP contribution in [0.1, 0.15) is 16.2 Å². The Morgan fingerprint density at radius 2 is 1.84 bits per heavy atom. The van der Waals surface area contributed by atoms with Crippen molar-refractivity contribution in [3.05, 3.63) is 84.4 Å². The standard InChI is InChI=1S/C20H15N3O2/c1-14-11-19(22-23(14)17-5-3-2-4-6-17)20(24)25-18-8-7-15-9-10-21-13-16(15)12-18/h2-13H,1H3. The predicted molar refractivity (Wildman–Crippen MR) is 95.0 cm³/mol. The van der Waals surface area contributed by atoms with Gasteiger partial charge < -0.3 is 4.74 Å². The lowest BCUT2D eigenvalue weighted by atomic mass is 10.2. The Labute approximate surface area is 144 Å². The van der Waals surface area contributed by atoms with Crippen molar-refractivity contribution in [1.29, 1.82) is 0 Å². The fourth-order valence-corrected chi connectivity index (χ4v) is 2.69. The van der Waals surface area contributed by atoms with Crippen molar-refractivity contribution in [3.63, 3.8) is 0 Å². The summed E-state index contributed by atoms with van der Waals surface area (Å²) in [6.07, 6.45) is 3.47. The van der Waals surface area contributed by atoms with Crippen molar-refractivity contribution in [2.24, 2.45) is 0 Å². The maximum atomic E-state index is 12.4. The molecule has 0 aliphatic rings. The van der Waals surface area contributed by atoms with E-state index >= 15 is 0 Å². The Morgan fingerprint density at radius 1 is 1.00 bits per heavy atom. The highest BCUT2D eigenvalue weighted by Gasteiger charge is 2.15. The minimum Gasteiger partial charge on any atom is -0.422 e. The molecule has 0 N–H and O–H groups in total. The summed E-state index contributed by atoms with van der Waals surface area (Å²) in [4.78, 5) is 16.5. The van der Waals surface area contributed by atoms with E-state index in [1.165, 1.54) is 0 Å². The topological polar surface area (TPSA) is 57.0 Å². The smallest absolute Gasteiger partial charge is 0.364 e. The number of benzene rings is 2. The van der Waals surface area contributed by atoms with Gasteiger partial charge in [-0.15, -0.1) is 0 Å². The largest absolute Gasteiger partial charge is 0.422 e. The molecule has 0 atom stereocenters. The van der Waals surface area contributed by atoms with Crippen molar-refractivity contribution >= 4 is 16.7 Å². The Morgan fingerprint density at radius 3 is 2.68 bits per heavy atom. The van der Waals surface area contributed by atoms with Crippen LogP contribution in [0.3, 0.4) is 0 Å². The average molecular weight is 329 g/mol. The molecule has 0 bridgehead atoms. The van der Waals surface area contributed by atoms with Gasteiger partial charge in [-0.1, -0.05) is 24.3 Å². The number of esters is 1. The van der Waals surface area contributed by atoms with E-state index in [9.17, 15) is 4.79 Å². The van der Waals surface area contributed by atoms with Gasteiger partial charge in [0.05, 0.1) is 5.69 Å². The van der Waals surface area contributed by atoms with E-state index in [1.807, 2.05) is 49.4 Å². The van der Waals surface area contributed by atoms with Gasteiger partial charge in [-0.25, -0.2) is 9.48 Å². The molecule has 0 spiro atoms. The second kappa shape index (κ2) is 6.20. The molecule has 0 fully saturated rings. The molecule has 0 unspecified atom stereocenters. The van der Waals surface area contributed by atoms with Crippen molar-refractivity contribution in [2.75, 3.05) is 0 Å². The Bertz CT molecular complexity index is 1050. The van der Waals surface area contributed by atoms with Crippen LogP contribution in [-0.2, 0) is 0 Å². The average Bonchev–Trinajstić information content (AvgIpc) is 3.04. The number of rotatable bonds is 3. The highest BCUT2D eigenvalue weighted by molar-refractivity contribution is 5.90. The van der Waals surface area contributed by atoms with Crippen LogP contribution in [0.2, 0.25) is 0 Å². The maximum absolute atomic E-state index is 12.4. The van der Waals surface area contributed by atoms with E-state index in [1.54, 1.807) is 35.3 Å². The first-order chi connectivity index (χ1) is 12.2. The molecule has 2 heterocycles. The van der Waals surface area contributed by atoms with Gasteiger partial charge in [0, 0.05) is 23.5 Å². The van der Waals surface area contributed by atoms with E-state index in [0.29, 0.717) is 5.75 Å². The molecular weight excluding hydrogens is 314 g/mol. The third-order valence-corrected chi connectivity index (χ3v) is 3.92. The lowest BCUT2D eigenvalue weighted by molar-refractivity contribution is 0.0728. The molecule has 2 aromatic heterocycles. The number of hydrogen-bond donors (Lipinski definition) is 0. The monoisotopic (exact) mass is 329 g/mol. The van der Waals surface area contributed by atoms with Crippen molar-refractivity contribution in [1.82, 2.24) is 14.8 Å². The van der Waals surface area contributed by atoms with Crippen molar-refractivity contribution in [2.45, 2.75) is 6.92 Å². The van der Waals surface area contributed by atoms with E-state index in [0.717, 1.165) is 22.2 Å². The number of pyridine rings is 1. The summed E-state index contributed by atoms with van der Waals surface area (Å²) >= 11 is 0. The lowest BCUT2D eigenvalue weighted by Crippen LogP contribution is -2.10. The number of carbonyl (C=O) groups excluding carboxylic acids is 1. The molecular formula is C20H15N3O2. The van der Waals surface area contributed by atoms with Gasteiger partial charge in [0.15, 0.2) is 5.69 Å². The summed E-state index contributed by atoms with van der Waals surface area (Å²) in [5.41, 5.74) is 2.03. The summed E-state index contributed by atoms with van der Waals surface area (Å²) in [6, 6.07) is 18.7. The first-order valence-electron chi connectivity index (χ1n) is 7.89. The van der Waals surface area contributed by atoms with Crippen LogP contribution in [0.5, 0.6) is 5.75 Å². The first-order valence-corrected chi connectivity index (χ1v) is 7.89. The first kappa shape index (κ1) is 15.1. The Hall–Kier alpha value is -3.47. The molecule has 5 heteroatoms. The molecule has 25 heavy (non-hydrogen) atoms. The second-order valence-electron chi connectivity index (χ2n) is 5.69. The van der Waals surface area contributed by atoms with Crippen LogP contribution >= 0.6 is 0 Å². The van der Waals surface area contributed by atoms with Crippen LogP contribution in [0.25, 0.3) is 16.5 Å². The molecule has 5 nitrogen and oxygen atoms in total. The number of fused-ring (bicyclic) bond motifs is 1. The molecule has 4 aromatic rings. The van der Waals surface area contributed by atoms with E-state index in [-0.39, 0.29) is 5.69 Å². The summed E-state index contributed by atoms with van der Waals surface area (Å²) in [6.45, 7) is 1.90. The van der Waals surface area contributed by atoms with Crippen LogP contribution in [-0.4, -0.2) is 20.7 Å². The predicted octanol–water partition coefficient (Wildman–Crippen LogP) is 3.95. The third-order valence-electron chi connectivity index (χ3n) is 3.92. The number of carbonyl (C=O) groups is 1. The van der Waals surface area contributed by atoms with Gasteiger partial charge in [0.1, 0.15) is 5.75 Å². The number of nitrogens with zero attached hydrogens (tertiary/aromatic N) is 3. The zero-order chi connectivity index (χ0) is 17.2. The zero-order valence-electron chi connectivity index (χ0n) is 13.6. The van der Waals surface area contributed by atoms with E-state index < -0.39 is 5.97 Å². The highest BCUT2D eigenvalue weighted by Crippen LogP contribution is 2.21. The van der Waals surface area contributed by atoms with Gasteiger partial charge in [-0.3, -0.25) is 4.98 Å². The minimum absolute atomic E-state index is 0.271. The SMILES string of the molecule is Cc1cc(C(=O)Oc2ccc3ccncc3c2)nn1-c1ccccc1. The summed E-state index contributed by atoms with van der Waals surface area (Å²) in [7, 11) is 0. The molecule has 122 valence electrons. The van der Waals surface area contributed by atoms with Crippen LogP contribution in [0.15, 0.2) is 73.1 Å². The molecule has 0 aliphatic heterocycles. The number of para-hydroxylation sites is 1. The fraction of sp³-hybridized carbons (Fsp3) is 0.0500. The quantitative estimate of drug-likeness (QED) is 0.422. The molecule has 4 rings (SSSR count). The van der Waals surface area contributed by atoms with Gasteiger partial charge in [0.25, 0.3) is 0 Å². The van der Waals surface area contributed by atoms with E-state index in [4.69, 9.17) is 4.74 Å². The van der Waals surface area contributed by atoms with Crippen LogP contribution in [0, 0.1) is 6.92 Å². The van der Waals surface area contributed by atoms with Gasteiger partial charge in [-0.2, -0.15) is 5.10 Å². The number of aromatic nitrogens is 3. The zero-order valence-corrected chi connectivity index (χ0v) is 13.6. The van der Waals surface area contributed by atoms with Crippen LogP contribution < -0.4 is 4.74 Å². The van der Waals surface area contributed by atoms with Crippen molar-refractivity contribution in [3.8, 4) is 11.4 Å².